The molecule has 0 aliphatic carbocycles. The lowest BCUT2D eigenvalue weighted by Gasteiger charge is -2.12. The summed E-state index contributed by atoms with van der Waals surface area (Å²) in [4.78, 5) is 25.3. The minimum absolute atomic E-state index is 0.134. The summed E-state index contributed by atoms with van der Waals surface area (Å²) in [7, 11) is 0. The molecule has 0 unspecified atom stereocenters. The van der Waals surface area contributed by atoms with Gasteiger partial charge in [-0.1, -0.05) is 72.4 Å². The van der Waals surface area contributed by atoms with Crippen molar-refractivity contribution >= 4 is 29.3 Å². The number of nitrogens with zero attached hydrogens (tertiary/aromatic N) is 3. The molecule has 2 amide bonds. The molecule has 0 fully saturated rings. The van der Waals surface area contributed by atoms with Crippen LogP contribution in [-0.4, -0.2) is 38.9 Å². The molecule has 1 aromatic heterocycles. The zero-order valence-electron chi connectivity index (χ0n) is 17.8. The van der Waals surface area contributed by atoms with Gasteiger partial charge in [-0.2, -0.15) is 0 Å². The van der Waals surface area contributed by atoms with Crippen LogP contribution in [0.15, 0.2) is 96.4 Å². The minimum atomic E-state index is -0.229. The molecule has 4 aromatic rings. The Morgan fingerprint density at radius 3 is 2.36 bits per heavy atom. The lowest BCUT2D eigenvalue weighted by molar-refractivity contribution is -0.113. The number of hydrogen-bond acceptors (Lipinski definition) is 5. The molecule has 1 heterocycles. The quantitative estimate of drug-likeness (QED) is 0.371. The minimum Gasteiger partial charge on any atom is -0.352 e. The van der Waals surface area contributed by atoms with Gasteiger partial charge in [0, 0.05) is 12.2 Å². The average molecular weight is 458 g/mol. The molecule has 0 saturated heterocycles. The molecule has 0 aliphatic heterocycles. The number of amides is 2. The standard InChI is InChI=1S/C25H23N5O2S/c31-23(17-33-25-29-27-18-30(25)20-11-5-2-6-12-20)28-22-14-8-7-13-21(22)24(32)26-16-15-19-9-3-1-4-10-19/h1-14,18H,15-17H2,(H,26,32)(H,28,31). The second kappa shape index (κ2) is 11.1. The first-order chi connectivity index (χ1) is 16.2. The number of para-hydroxylation sites is 2. The number of hydrogen-bond donors (Lipinski definition) is 2. The summed E-state index contributed by atoms with van der Waals surface area (Å²) in [6.45, 7) is 0.510. The lowest BCUT2D eigenvalue weighted by atomic mass is 10.1. The van der Waals surface area contributed by atoms with Gasteiger partial charge in [0.25, 0.3) is 5.91 Å². The summed E-state index contributed by atoms with van der Waals surface area (Å²) in [5, 5.41) is 14.4. The van der Waals surface area contributed by atoms with E-state index in [-0.39, 0.29) is 17.6 Å². The molecule has 0 aliphatic rings. The van der Waals surface area contributed by atoms with Crippen molar-refractivity contribution in [3.8, 4) is 5.69 Å². The van der Waals surface area contributed by atoms with Crippen molar-refractivity contribution in [1.29, 1.82) is 0 Å². The Morgan fingerprint density at radius 2 is 1.58 bits per heavy atom. The van der Waals surface area contributed by atoms with E-state index in [0.29, 0.717) is 23.0 Å². The van der Waals surface area contributed by atoms with Crippen molar-refractivity contribution in [3.05, 3.63) is 102 Å². The Balaban J connectivity index is 1.33. The number of anilines is 1. The van der Waals surface area contributed by atoms with Gasteiger partial charge in [-0.3, -0.25) is 14.2 Å². The largest absolute Gasteiger partial charge is 0.352 e. The predicted molar refractivity (Wildman–Crippen MR) is 130 cm³/mol. The maximum atomic E-state index is 12.7. The zero-order chi connectivity index (χ0) is 22.9. The Kier molecular flexibility index (Phi) is 7.50. The monoisotopic (exact) mass is 457 g/mol. The predicted octanol–water partition coefficient (Wildman–Crippen LogP) is 3.97. The van der Waals surface area contributed by atoms with Crippen LogP contribution in [0.3, 0.4) is 0 Å². The number of rotatable bonds is 9. The normalized spacial score (nSPS) is 10.5. The first kappa shape index (κ1) is 22.3. The van der Waals surface area contributed by atoms with E-state index in [1.165, 1.54) is 11.8 Å². The molecule has 3 aromatic carbocycles. The number of benzene rings is 3. The number of aromatic nitrogens is 3. The second-order valence-corrected chi connectivity index (χ2v) is 8.14. The smallest absolute Gasteiger partial charge is 0.253 e. The van der Waals surface area contributed by atoms with Crippen molar-refractivity contribution in [2.45, 2.75) is 11.6 Å². The number of nitrogens with one attached hydrogen (secondary N) is 2. The topological polar surface area (TPSA) is 88.9 Å². The van der Waals surface area contributed by atoms with Crippen molar-refractivity contribution < 1.29 is 9.59 Å². The third-order valence-electron chi connectivity index (χ3n) is 4.87. The summed E-state index contributed by atoms with van der Waals surface area (Å²) in [6, 6.07) is 26.6. The Hall–Kier alpha value is -3.91. The molecule has 8 heteroatoms. The fourth-order valence-corrected chi connectivity index (χ4v) is 3.98. The van der Waals surface area contributed by atoms with E-state index in [2.05, 4.69) is 20.8 Å². The van der Waals surface area contributed by atoms with Crippen LogP contribution in [0.2, 0.25) is 0 Å². The molecular weight excluding hydrogens is 434 g/mol. The Morgan fingerprint density at radius 1 is 0.879 bits per heavy atom. The summed E-state index contributed by atoms with van der Waals surface area (Å²) >= 11 is 1.28. The third kappa shape index (κ3) is 6.08. The molecular formula is C25H23N5O2S. The summed E-state index contributed by atoms with van der Waals surface area (Å²) < 4.78 is 1.83. The van der Waals surface area contributed by atoms with Crippen LogP contribution in [0.25, 0.3) is 5.69 Å². The van der Waals surface area contributed by atoms with Crippen molar-refractivity contribution in [3.63, 3.8) is 0 Å². The van der Waals surface area contributed by atoms with Crippen molar-refractivity contribution in [2.24, 2.45) is 0 Å². The molecule has 0 radical (unpaired) electrons. The molecule has 33 heavy (non-hydrogen) atoms. The second-order valence-electron chi connectivity index (χ2n) is 7.19. The Bertz CT molecular complexity index is 1210. The molecule has 2 N–H and O–H groups in total. The summed E-state index contributed by atoms with van der Waals surface area (Å²) in [6.07, 6.45) is 2.35. The molecule has 166 valence electrons. The van der Waals surface area contributed by atoms with E-state index < -0.39 is 0 Å². The van der Waals surface area contributed by atoms with E-state index in [1.54, 1.807) is 30.6 Å². The molecule has 7 nitrogen and oxygen atoms in total. The zero-order valence-corrected chi connectivity index (χ0v) is 18.7. The van der Waals surface area contributed by atoms with Crippen LogP contribution in [-0.2, 0) is 11.2 Å². The van der Waals surface area contributed by atoms with E-state index in [1.807, 2.05) is 65.2 Å². The van der Waals surface area contributed by atoms with Gasteiger partial charge in [-0.05, 0) is 36.2 Å². The number of carbonyl (C=O) groups is 2. The van der Waals surface area contributed by atoms with Crippen LogP contribution in [0.5, 0.6) is 0 Å². The van der Waals surface area contributed by atoms with Crippen LogP contribution >= 0.6 is 11.8 Å². The van der Waals surface area contributed by atoms with E-state index >= 15 is 0 Å². The lowest BCUT2D eigenvalue weighted by Crippen LogP contribution is -2.27. The SMILES string of the molecule is O=C(CSc1nncn1-c1ccccc1)Nc1ccccc1C(=O)NCCc1ccccc1. The molecule has 0 bridgehead atoms. The van der Waals surface area contributed by atoms with E-state index in [9.17, 15) is 9.59 Å². The van der Waals surface area contributed by atoms with Crippen LogP contribution < -0.4 is 10.6 Å². The van der Waals surface area contributed by atoms with Gasteiger partial charge in [0.1, 0.15) is 6.33 Å². The fourth-order valence-electron chi connectivity index (χ4n) is 3.26. The van der Waals surface area contributed by atoms with Crippen LogP contribution in [0.1, 0.15) is 15.9 Å². The van der Waals surface area contributed by atoms with Crippen LogP contribution in [0, 0.1) is 0 Å². The van der Waals surface area contributed by atoms with Crippen molar-refractivity contribution in [1.82, 2.24) is 20.1 Å². The van der Waals surface area contributed by atoms with Crippen LogP contribution in [0.4, 0.5) is 5.69 Å². The highest BCUT2D eigenvalue weighted by molar-refractivity contribution is 7.99. The maximum absolute atomic E-state index is 12.7. The van der Waals surface area contributed by atoms with Gasteiger partial charge in [-0.25, -0.2) is 0 Å². The molecule has 0 atom stereocenters. The summed E-state index contributed by atoms with van der Waals surface area (Å²) in [5.41, 5.74) is 2.98. The Labute approximate surface area is 196 Å². The van der Waals surface area contributed by atoms with Gasteiger partial charge in [0.2, 0.25) is 5.91 Å². The van der Waals surface area contributed by atoms with Gasteiger partial charge < -0.3 is 10.6 Å². The average Bonchev–Trinajstić information content (AvgIpc) is 3.33. The van der Waals surface area contributed by atoms with Gasteiger partial charge >= 0.3 is 0 Å². The molecule has 0 spiro atoms. The van der Waals surface area contributed by atoms with E-state index in [4.69, 9.17) is 0 Å². The highest BCUT2D eigenvalue weighted by atomic mass is 32.2. The van der Waals surface area contributed by atoms with Crippen molar-refractivity contribution in [2.75, 3.05) is 17.6 Å². The third-order valence-corrected chi connectivity index (χ3v) is 5.81. The highest BCUT2D eigenvalue weighted by Gasteiger charge is 2.14. The summed E-state index contributed by atoms with van der Waals surface area (Å²) in [5.74, 6) is -0.319. The molecule has 4 rings (SSSR count). The number of thioether (sulfide) groups is 1. The first-order valence-electron chi connectivity index (χ1n) is 10.5. The first-order valence-corrected chi connectivity index (χ1v) is 11.5. The fraction of sp³-hybridized carbons (Fsp3) is 0.120. The van der Waals surface area contributed by atoms with Gasteiger partial charge in [0.15, 0.2) is 5.16 Å². The van der Waals surface area contributed by atoms with E-state index in [0.717, 1.165) is 17.7 Å². The maximum Gasteiger partial charge on any atom is 0.253 e. The molecule has 0 saturated carbocycles. The van der Waals surface area contributed by atoms with Gasteiger partial charge in [0.05, 0.1) is 17.0 Å². The highest BCUT2D eigenvalue weighted by Crippen LogP contribution is 2.20. The van der Waals surface area contributed by atoms with Gasteiger partial charge in [-0.15, -0.1) is 10.2 Å². The number of carbonyl (C=O) groups excluding carboxylic acids is 2.